The van der Waals surface area contributed by atoms with Crippen LogP contribution >= 0.6 is 43.5 Å². The van der Waals surface area contributed by atoms with Gasteiger partial charge in [0, 0.05) is 10.6 Å². The van der Waals surface area contributed by atoms with E-state index in [0.717, 1.165) is 10.8 Å². The van der Waals surface area contributed by atoms with Crippen molar-refractivity contribution in [3.8, 4) is 5.75 Å². The Bertz CT molecular complexity index is 1540. The third kappa shape index (κ3) is 5.07. The van der Waals surface area contributed by atoms with Gasteiger partial charge in [0.15, 0.2) is 11.4 Å². The van der Waals surface area contributed by atoms with E-state index in [1.807, 2.05) is 42.5 Å². The van der Waals surface area contributed by atoms with Crippen molar-refractivity contribution in [3.63, 3.8) is 0 Å². The second kappa shape index (κ2) is 9.77. The number of cyclic esters (lactones) is 1. The molecule has 0 amide bonds. The van der Waals surface area contributed by atoms with Crippen LogP contribution in [0.4, 0.5) is 0 Å². The minimum Gasteiger partial charge on any atom is -0.421 e. The third-order valence-electron chi connectivity index (χ3n) is 5.22. The second-order valence-electron chi connectivity index (χ2n) is 7.61. The quantitative estimate of drug-likeness (QED) is 0.136. The lowest BCUT2D eigenvalue weighted by atomic mass is 10.1. The summed E-state index contributed by atoms with van der Waals surface area (Å²) in [5, 5.41) is 2.64. The SMILES string of the molecule is O=C1OC(c2ccc3ccccc3c2)=N/C1=C\c1cc(Br)c(OC(=O)c2ccc(Cl)cc2)c(Br)c1. The lowest BCUT2D eigenvalue weighted by Crippen LogP contribution is -2.09. The Hall–Kier alpha value is -3.26. The molecular formula is C27H14Br2ClNO4. The summed E-state index contributed by atoms with van der Waals surface area (Å²) in [5.74, 6) is -0.517. The summed E-state index contributed by atoms with van der Waals surface area (Å²) in [6.07, 6.45) is 1.61. The summed E-state index contributed by atoms with van der Waals surface area (Å²) in [7, 11) is 0. The number of fused-ring (bicyclic) bond motifs is 1. The number of hydrogen-bond donors (Lipinski definition) is 0. The number of benzene rings is 4. The van der Waals surface area contributed by atoms with E-state index in [1.54, 1.807) is 42.5 Å². The van der Waals surface area contributed by atoms with Crippen molar-refractivity contribution in [1.29, 1.82) is 0 Å². The Morgan fingerprint density at radius 2 is 1.60 bits per heavy atom. The predicted octanol–water partition coefficient (Wildman–Crippen LogP) is 7.58. The minimum absolute atomic E-state index is 0.165. The fourth-order valence-corrected chi connectivity index (χ4v) is 5.02. The van der Waals surface area contributed by atoms with Crippen LogP contribution in [0.5, 0.6) is 5.75 Å². The maximum Gasteiger partial charge on any atom is 0.363 e. The van der Waals surface area contributed by atoms with Crippen molar-refractivity contribution in [2.24, 2.45) is 4.99 Å². The van der Waals surface area contributed by atoms with Crippen LogP contribution in [-0.2, 0) is 9.53 Å². The molecule has 0 fully saturated rings. The Kier molecular flexibility index (Phi) is 6.56. The highest BCUT2D eigenvalue weighted by Gasteiger charge is 2.25. The molecule has 0 bridgehead atoms. The van der Waals surface area contributed by atoms with Crippen molar-refractivity contribution in [2.45, 2.75) is 0 Å². The molecule has 0 saturated carbocycles. The van der Waals surface area contributed by atoms with E-state index in [2.05, 4.69) is 36.9 Å². The van der Waals surface area contributed by atoms with Gasteiger partial charge in [-0.2, -0.15) is 0 Å². The van der Waals surface area contributed by atoms with Gasteiger partial charge >= 0.3 is 11.9 Å². The average molecular weight is 612 g/mol. The first-order valence-electron chi connectivity index (χ1n) is 10.4. The second-order valence-corrected chi connectivity index (χ2v) is 9.75. The molecule has 4 aromatic rings. The van der Waals surface area contributed by atoms with Crippen LogP contribution in [0.25, 0.3) is 16.8 Å². The highest BCUT2D eigenvalue weighted by Crippen LogP contribution is 2.36. The summed E-state index contributed by atoms with van der Waals surface area (Å²) in [4.78, 5) is 29.4. The number of halogens is 3. The number of hydrogen-bond acceptors (Lipinski definition) is 5. The van der Waals surface area contributed by atoms with Crippen LogP contribution in [0.1, 0.15) is 21.5 Å². The molecule has 0 radical (unpaired) electrons. The molecule has 0 N–H and O–H groups in total. The Morgan fingerprint density at radius 1 is 0.914 bits per heavy atom. The Balaban J connectivity index is 1.40. The molecule has 5 nitrogen and oxygen atoms in total. The molecule has 5 rings (SSSR count). The minimum atomic E-state index is -0.543. The summed E-state index contributed by atoms with van der Waals surface area (Å²) >= 11 is 12.8. The van der Waals surface area contributed by atoms with Crippen LogP contribution in [0.3, 0.4) is 0 Å². The van der Waals surface area contributed by atoms with Gasteiger partial charge in [-0.15, -0.1) is 0 Å². The van der Waals surface area contributed by atoms with Crippen molar-refractivity contribution in [2.75, 3.05) is 0 Å². The van der Waals surface area contributed by atoms with Gasteiger partial charge < -0.3 is 9.47 Å². The zero-order chi connectivity index (χ0) is 24.5. The molecule has 1 aliphatic heterocycles. The first-order chi connectivity index (χ1) is 16.9. The number of ether oxygens (including phenoxy) is 2. The molecule has 0 atom stereocenters. The van der Waals surface area contributed by atoms with E-state index in [1.165, 1.54) is 0 Å². The molecule has 8 heteroatoms. The van der Waals surface area contributed by atoms with Gasteiger partial charge in [0.25, 0.3) is 0 Å². The van der Waals surface area contributed by atoms with Crippen molar-refractivity contribution in [3.05, 3.63) is 115 Å². The first-order valence-corrected chi connectivity index (χ1v) is 12.3. The highest BCUT2D eigenvalue weighted by atomic mass is 79.9. The van der Waals surface area contributed by atoms with Crippen molar-refractivity contribution < 1.29 is 19.1 Å². The van der Waals surface area contributed by atoms with E-state index in [-0.39, 0.29) is 11.6 Å². The van der Waals surface area contributed by atoms with E-state index >= 15 is 0 Å². The lowest BCUT2D eigenvalue weighted by molar-refractivity contribution is -0.129. The molecule has 0 aliphatic carbocycles. The molecule has 1 aliphatic rings. The van der Waals surface area contributed by atoms with E-state index in [4.69, 9.17) is 21.1 Å². The summed E-state index contributed by atoms with van der Waals surface area (Å²) in [5.41, 5.74) is 1.90. The number of rotatable bonds is 4. The molecule has 172 valence electrons. The maximum atomic E-state index is 12.5. The van der Waals surface area contributed by atoms with Gasteiger partial charge in [0.05, 0.1) is 14.5 Å². The fraction of sp³-hybridized carbons (Fsp3) is 0. The largest absolute Gasteiger partial charge is 0.421 e. The molecule has 35 heavy (non-hydrogen) atoms. The van der Waals surface area contributed by atoms with E-state index < -0.39 is 11.9 Å². The van der Waals surface area contributed by atoms with E-state index in [9.17, 15) is 9.59 Å². The van der Waals surface area contributed by atoms with Crippen LogP contribution in [0.15, 0.2) is 98.5 Å². The number of nitrogens with zero attached hydrogens (tertiary/aromatic N) is 1. The topological polar surface area (TPSA) is 65.0 Å². The number of esters is 2. The summed E-state index contributed by atoms with van der Waals surface area (Å²) < 4.78 is 12.0. The zero-order valence-electron chi connectivity index (χ0n) is 17.8. The van der Waals surface area contributed by atoms with Crippen LogP contribution < -0.4 is 4.74 Å². The summed E-state index contributed by atoms with van der Waals surface area (Å²) in [6.45, 7) is 0. The van der Waals surface area contributed by atoms with E-state index in [0.29, 0.717) is 36.4 Å². The normalized spacial score (nSPS) is 14.2. The van der Waals surface area contributed by atoms with Gasteiger partial charge in [-0.3, -0.25) is 0 Å². The maximum absolute atomic E-state index is 12.5. The van der Waals surface area contributed by atoms with Crippen molar-refractivity contribution in [1.82, 2.24) is 0 Å². The number of carbonyl (C=O) groups excluding carboxylic acids is 2. The molecular weight excluding hydrogens is 598 g/mol. The standard InChI is InChI=1S/C27H14Br2ClNO4/c28-21-11-15(12-22(29)24(21)34-26(32)17-7-9-20(30)10-8-17)13-23-27(33)35-25(31-23)19-6-5-16-3-1-2-4-18(16)14-19/h1-14H/b23-13-. The van der Waals surface area contributed by atoms with Gasteiger partial charge in [-0.1, -0.05) is 41.9 Å². The van der Waals surface area contributed by atoms with Gasteiger partial charge in [-0.05, 0) is 103 Å². The average Bonchev–Trinajstić information content (AvgIpc) is 3.21. The van der Waals surface area contributed by atoms with Crippen molar-refractivity contribution >= 4 is 78.1 Å². The lowest BCUT2D eigenvalue weighted by Gasteiger charge is -2.10. The van der Waals surface area contributed by atoms with Crippen LogP contribution in [-0.4, -0.2) is 17.8 Å². The first kappa shape index (κ1) is 23.5. The number of carbonyl (C=O) groups is 2. The number of aliphatic imine (C=N–C) groups is 1. The van der Waals surface area contributed by atoms with Crippen LogP contribution in [0.2, 0.25) is 5.02 Å². The Morgan fingerprint density at radius 3 is 2.31 bits per heavy atom. The van der Waals surface area contributed by atoms with Gasteiger partial charge in [-0.25, -0.2) is 14.6 Å². The monoisotopic (exact) mass is 609 g/mol. The summed E-state index contributed by atoms with van der Waals surface area (Å²) in [6, 6.07) is 23.5. The molecule has 0 spiro atoms. The molecule has 1 heterocycles. The van der Waals surface area contributed by atoms with Crippen LogP contribution in [0, 0.1) is 0 Å². The smallest absolute Gasteiger partial charge is 0.363 e. The molecule has 0 saturated heterocycles. The predicted molar refractivity (Wildman–Crippen MR) is 143 cm³/mol. The molecule has 4 aromatic carbocycles. The van der Waals surface area contributed by atoms with Gasteiger partial charge in [0.2, 0.25) is 5.90 Å². The molecule has 0 aromatic heterocycles. The third-order valence-corrected chi connectivity index (χ3v) is 6.65. The molecule has 0 unspecified atom stereocenters. The highest BCUT2D eigenvalue weighted by molar-refractivity contribution is 9.11. The Labute approximate surface area is 222 Å². The zero-order valence-corrected chi connectivity index (χ0v) is 21.7. The fourth-order valence-electron chi connectivity index (χ4n) is 3.51. The van der Waals surface area contributed by atoms with Gasteiger partial charge in [0.1, 0.15) is 0 Å².